The molecule has 2 unspecified atom stereocenters. The van der Waals surface area contributed by atoms with Gasteiger partial charge in [0.1, 0.15) is 5.75 Å². The van der Waals surface area contributed by atoms with Crippen LogP contribution in [0.15, 0.2) is 47.4 Å². The van der Waals surface area contributed by atoms with Gasteiger partial charge in [0.15, 0.2) is 11.5 Å². The highest BCUT2D eigenvalue weighted by atomic mass is 32.2. The zero-order valence-electron chi connectivity index (χ0n) is 16.4. The Bertz CT molecular complexity index is 748. The normalized spacial score (nSPS) is 12.8. The van der Waals surface area contributed by atoms with E-state index < -0.39 is 0 Å². The first kappa shape index (κ1) is 21.0. The predicted octanol–water partition coefficient (Wildman–Crippen LogP) is 4.46. The number of methoxy groups -OCH3 is 2. The Morgan fingerprint density at radius 3 is 2.30 bits per heavy atom. The minimum absolute atomic E-state index is 0.0174. The molecule has 5 nitrogen and oxygen atoms in total. The molecule has 0 saturated carbocycles. The first-order valence-electron chi connectivity index (χ1n) is 8.90. The van der Waals surface area contributed by atoms with E-state index in [1.807, 2.05) is 63.2 Å². The summed E-state index contributed by atoms with van der Waals surface area (Å²) in [6, 6.07) is 13.3. The lowest BCUT2D eigenvalue weighted by atomic mass is 10.1. The first-order chi connectivity index (χ1) is 13.0. The van der Waals surface area contributed by atoms with Crippen LogP contribution < -0.4 is 19.5 Å². The Balaban J connectivity index is 1.96. The van der Waals surface area contributed by atoms with Gasteiger partial charge in [0, 0.05) is 4.90 Å². The van der Waals surface area contributed by atoms with Crippen molar-refractivity contribution in [3.63, 3.8) is 0 Å². The third kappa shape index (κ3) is 5.82. The van der Waals surface area contributed by atoms with Crippen LogP contribution in [0.5, 0.6) is 17.2 Å². The fraction of sp³-hybridized carbons (Fsp3) is 0.381. The van der Waals surface area contributed by atoms with E-state index in [0.29, 0.717) is 18.1 Å². The second-order valence-corrected chi connectivity index (χ2v) is 7.42. The van der Waals surface area contributed by atoms with E-state index in [4.69, 9.17) is 14.2 Å². The van der Waals surface area contributed by atoms with Gasteiger partial charge in [-0.25, -0.2) is 0 Å². The maximum atomic E-state index is 12.6. The molecule has 2 aromatic carbocycles. The van der Waals surface area contributed by atoms with E-state index >= 15 is 0 Å². The number of benzene rings is 2. The standard InChI is InChI=1S/C21H27NO4S/c1-6-26-17-9-7-16(8-10-17)14(2)22-21(23)15(3)27-18-11-12-19(24-4)20(13-18)25-5/h7-15H,6H2,1-5H3,(H,22,23). The summed E-state index contributed by atoms with van der Waals surface area (Å²) in [6.07, 6.45) is 0. The molecule has 146 valence electrons. The SMILES string of the molecule is CCOc1ccc(C(C)NC(=O)C(C)Sc2ccc(OC)c(OC)c2)cc1. The van der Waals surface area contributed by atoms with E-state index in [9.17, 15) is 4.79 Å². The predicted molar refractivity (Wildman–Crippen MR) is 109 cm³/mol. The first-order valence-corrected chi connectivity index (χ1v) is 9.78. The monoisotopic (exact) mass is 389 g/mol. The van der Waals surface area contributed by atoms with E-state index in [2.05, 4.69) is 5.32 Å². The zero-order valence-corrected chi connectivity index (χ0v) is 17.3. The van der Waals surface area contributed by atoms with Crippen molar-refractivity contribution in [1.82, 2.24) is 5.32 Å². The minimum atomic E-state index is -0.242. The van der Waals surface area contributed by atoms with Gasteiger partial charge in [-0.2, -0.15) is 0 Å². The third-order valence-electron chi connectivity index (χ3n) is 4.09. The van der Waals surface area contributed by atoms with Gasteiger partial charge >= 0.3 is 0 Å². The fourth-order valence-electron chi connectivity index (χ4n) is 2.58. The maximum Gasteiger partial charge on any atom is 0.233 e. The van der Waals surface area contributed by atoms with Crippen LogP contribution in [0.4, 0.5) is 0 Å². The van der Waals surface area contributed by atoms with Crippen molar-refractivity contribution in [2.24, 2.45) is 0 Å². The van der Waals surface area contributed by atoms with Crippen molar-refractivity contribution in [2.45, 2.75) is 37.0 Å². The van der Waals surface area contributed by atoms with E-state index in [0.717, 1.165) is 16.2 Å². The molecular weight excluding hydrogens is 362 g/mol. The number of hydrogen-bond donors (Lipinski definition) is 1. The Morgan fingerprint density at radius 1 is 1.04 bits per heavy atom. The molecule has 2 aromatic rings. The number of amides is 1. The van der Waals surface area contributed by atoms with Crippen molar-refractivity contribution in [3.05, 3.63) is 48.0 Å². The molecule has 0 radical (unpaired) electrons. The molecule has 6 heteroatoms. The van der Waals surface area contributed by atoms with Crippen LogP contribution in [0, 0.1) is 0 Å². The molecule has 0 aromatic heterocycles. The van der Waals surface area contributed by atoms with Gasteiger partial charge in [0.25, 0.3) is 0 Å². The van der Waals surface area contributed by atoms with Crippen LogP contribution in [0.3, 0.4) is 0 Å². The van der Waals surface area contributed by atoms with Crippen LogP contribution in [-0.2, 0) is 4.79 Å². The summed E-state index contributed by atoms with van der Waals surface area (Å²) in [5.41, 5.74) is 1.04. The van der Waals surface area contributed by atoms with Gasteiger partial charge in [-0.15, -0.1) is 11.8 Å². The van der Waals surface area contributed by atoms with E-state index in [1.54, 1.807) is 14.2 Å². The zero-order chi connectivity index (χ0) is 19.8. The molecule has 0 heterocycles. The molecule has 0 aliphatic heterocycles. The van der Waals surface area contributed by atoms with Crippen LogP contribution in [0.25, 0.3) is 0 Å². The summed E-state index contributed by atoms with van der Waals surface area (Å²) >= 11 is 1.48. The highest BCUT2D eigenvalue weighted by Gasteiger charge is 2.18. The molecule has 0 saturated heterocycles. The molecule has 0 aliphatic carbocycles. The largest absolute Gasteiger partial charge is 0.494 e. The molecule has 0 bridgehead atoms. The van der Waals surface area contributed by atoms with Crippen LogP contribution in [0.1, 0.15) is 32.4 Å². The summed E-state index contributed by atoms with van der Waals surface area (Å²) < 4.78 is 16.0. The minimum Gasteiger partial charge on any atom is -0.494 e. The van der Waals surface area contributed by atoms with Crippen LogP contribution in [0.2, 0.25) is 0 Å². The second-order valence-electron chi connectivity index (χ2n) is 6.01. The number of carbonyl (C=O) groups is 1. The number of ether oxygens (including phenoxy) is 3. The van der Waals surface area contributed by atoms with Crippen LogP contribution in [-0.4, -0.2) is 32.0 Å². The fourth-order valence-corrected chi connectivity index (χ4v) is 3.49. The summed E-state index contributed by atoms with van der Waals surface area (Å²) in [7, 11) is 3.20. The average molecular weight is 390 g/mol. The van der Waals surface area contributed by atoms with Crippen molar-refractivity contribution in [1.29, 1.82) is 0 Å². The quantitative estimate of drug-likeness (QED) is 0.642. The summed E-state index contributed by atoms with van der Waals surface area (Å²) in [4.78, 5) is 13.5. The van der Waals surface area contributed by atoms with Gasteiger partial charge in [0.05, 0.1) is 32.1 Å². The van der Waals surface area contributed by atoms with Gasteiger partial charge in [-0.05, 0) is 56.7 Å². The van der Waals surface area contributed by atoms with Crippen molar-refractivity contribution < 1.29 is 19.0 Å². The highest BCUT2D eigenvalue weighted by molar-refractivity contribution is 8.00. The van der Waals surface area contributed by atoms with E-state index in [-0.39, 0.29) is 17.2 Å². The lowest BCUT2D eigenvalue weighted by Gasteiger charge is -2.18. The van der Waals surface area contributed by atoms with Crippen molar-refractivity contribution in [3.8, 4) is 17.2 Å². The van der Waals surface area contributed by atoms with Gasteiger partial charge in [0.2, 0.25) is 5.91 Å². The second kappa shape index (κ2) is 10.1. The van der Waals surface area contributed by atoms with Gasteiger partial charge < -0.3 is 19.5 Å². The molecule has 27 heavy (non-hydrogen) atoms. The molecular formula is C21H27NO4S. The number of nitrogens with one attached hydrogen (secondary N) is 1. The lowest BCUT2D eigenvalue weighted by molar-refractivity contribution is -0.120. The Hall–Kier alpha value is -2.34. The van der Waals surface area contributed by atoms with Crippen molar-refractivity contribution in [2.75, 3.05) is 20.8 Å². The Morgan fingerprint density at radius 2 is 1.70 bits per heavy atom. The molecule has 2 rings (SSSR count). The molecule has 1 N–H and O–H groups in total. The molecule has 0 aliphatic rings. The average Bonchev–Trinajstić information content (AvgIpc) is 2.68. The van der Waals surface area contributed by atoms with Gasteiger partial charge in [-0.1, -0.05) is 12.1 Å². The maximum absolute atomic E-state index is 12.6. The number of carbonyl (C=O) groups excluding carboxylic acids is 1. The number of rotatable bonds is 9. The third-order valence-corrected chi connectivity index (χ3v) is 5.18. The summed E-state index contributed by atoms with van der Waals surface area (Å²) in [5.74, 6) is 2.13. The Labute approximate surface area is 165 Å². The molecule has 2 atom stereocenters. The number of hydrogen-bond acceptors (Lipinski definition) is 5. The highest BCUT2D eigenvalue weighted by Crippen LogP contribution is 2.33. The number of thioether (sulfide) groups is 1. The molecule has 0 spiro atoms. The van der Waals surface area contributed by atoms with Crippen molar-refractivity contribution >= 4 is 17.7 Å². The summed E-state index contributed by atoms with van der Waals surface area (Å²) in [6.45, 7) is 6.45. The molecule has 0 fully saturated rings. The lowest BCUT2D eigenvalue weighted by Crippen LogP contribution is -2.33. The Kier molecular flexibility index (Phi) is 7.85. The van der Waals surface area contributed by atoms with E-state index in [1.165, 1.54) is 11.8 Å². The summed E-state index contributed by atoms with van der Waals surface area (Å²) in [5, 5.41) is 2.82. The van der Waals surface area contributed by atoms with Gasteiger partial charge in [-0.3, -0.25) is 4.79 Å². The molecule has 1 amide bonds. The van der Waals surface area contributed by atoms with Crippen LogP contribution >= 0.6 is 11.8 Å². The smallest absolute Gasteiger partial charge is 0.233 e. The topological polar surface area (TPSA) is 56.8 Å².